The summed E-state index contributed by atoms with van der Waals surface area (Å²) < 4.78 is 0. The summed E-state index contributed by atoms with van der Waals surface area (Å²) in [6.07, 6.45) is 1.15. The summed E-state index contributed by atoms with van der Waals surface area (Å²) in [5.74, 6) is 1.50. The van der Waals surface area contributed by atoms with Crippen LogP contribution in [0, 0.1) is 30.1 Å². The van der Waals surface area contributed by atoms with Gasteiger partial charge in [-0.1, -0.05) is 13.0 Å². The van der Waals surface area contributed by atoms with Crippen molar-refractivity contribution < 1.29 is 0 Å². The van der Waals surface area contributed by atoms with E-state index in [1.807, 2.05) is 13.0 Å². The fourth-order valence-corrected chi connectivity index (χ4v) is 3.81. The van der Waals surface area contributed by atoms with Crippen LogP contribution in [0.5, 0.6) is 0 Å². The Morgan fingerprint density at radius 3 is 3.00 bits per heavy atom. The van der Waals surface area contributed by atoms with Crippen LogP contribution in [-0.4, -0.2) is 25.7 Å². The summed E-state index contributed by atoms with van der Waals surface area (Å²) in [6.45, 7) is 7.66. The highest BCUT2D eigenvalue weighted by Gasteiger charge is 2.43. The Morgan fingerprint density at radius 2 is 2.26 bits per heavy atom. The number of hydrogen-bond acceptors (Lipinski definition) is 3. The molecule has 2 fully saturated rings. The van der Waals surface area contributed by atoms with Crippen molar-refractivity contribution in [1.82, 2.24) is 5.32 Å². The number of rotatable bonds is 2. The van der Waals surface area contributed by atoms with Gasteiger partial charge in [0.05, 0.1) is 11.3 Å². The van der Waals surface area contributed by atoms with E-state index in [1.165, 1.54) is 0 Å². The molecule has 3 heteroatoms. The molecule has 2 saturated heterocycles. The number of fused-ring (bicyclic) bond motifs is 1. The van der Waals surface area contributed by atoms with Crippen LogP contribution < -0.4 is 10.2 Å². The molecular formula is C16H21N3. The van der Waals surface area contributed by atoms with Gasteiger partial charge in [0.2, 0.25) is 0 Å². The number of benzene rings is 1. The third kappa shape index (κ3) is 2.01. The third-order valence-corrected chi connectivity index (χ3v) is 4.72. The lowest BCUT2D eigenvalue weighted by molar-refractivity contribution is 0.442. The summed E-state index contributed by atoms with van der Waals surface area (Å²) >= 11 is 0. The van der Waals surface area contributed by atoms with Gasteiger partial charge in [-0.15, -0.1) is 0 Å². The molecule has 3 rings (SSSR count). The molecule has 3 nitrogen and oxygen atoms in total. The van der Waals surface area contributed by atoms with Crippen LogP contribution in [0.3, 0.4) is 0 Å². The van der Waals surface area contributed by atoms with Gasteiger partial charge < -0.3 is 10.2 Å². The maximum atomic E-state index is 9.38. The van der Waals surface area contributed by atoms with Gasteiger partial charge in [-0.05, 0) is 42.9 Å². The Bertz CT molecular complexity index is 517. The first-order chi connectivity index (χ1) is 9.24. The predicted octanol–water partition coefficient (Wildman–Crippen LogP) is 2.30. The highest BCUT2D eigenvalue weighted by molar-refractivity contribution is 5.62. The zero-order valence-electron chi connectivity index (χ0n) is 11.7. The number of nitrogens with one attached hydrogen (secondary N) is 1. The van der Waals surface area contributed by atoms with Crippen LogP contribution in [0.2, 0.25) is 0 Å². The van der Waals surface area contributed by atoms with Crippen molar-refractivity contribution >= 4 is 5.69 Å². The molecule has 0 amide bonds. The monoisotopic (exact) mass is 255 g/mol. The Kier molecular flexibility index (Phi) is 3.20. The molecule has 0 aliphatic carbocycles. The molecule has 0 aromatic heterocycles. The standard InChI is InChI=1S/C16H21N3/c1-3-15-14-9-18-8-13(14)10-19(15)16-5-4-11(2)6-12(16)7-17/h4-6,13-15,18H,3,8-10H2,1-2H3. The van der Waals surface area contributed by atoms with Crippen molar-refractivity contribution in [3.63, 3.8) is 0 Å². The van der Waals surface area contributed by atoms with Crippen LogP contribution in [0.4, 0.5) is 5.69 Å². The topological polar surface area (TPSA) is 39.1 Å². The molecule has 1 aromatic rings. The summed E-state index contributed by atoms with van der Waals surface area (Å²) in [4.78, 5) is 2.48. The smallest absolute Gasteiger partial charge is 0.101 e. The van der Waals surface area contributed by atoms with Gasteiger partial charge in [-0.2, -0.15) is 5.26 Å². The first-order valence-corrected chi connectivity index (χ1v) is 7.22. The lowest BCUT2D eigenvalue weighted by atomic mass is 9.92. The minimum Gasteiger partial charge on any atom is -0.367 e. The van der Waals surface area contributed by atoms with E-state index in [9.17, 15) is 5.26 Å². The molecule has 0 radical (unpaired) electrons. The highest BCUT2D eigenvalue weighted by atomic mass is 15.2. The van der Waals surface area contributed by atoms with Crippen molar-refractivity contribution in [2.45, 2.75) is 26.3 Å². The SMILES string of the molecule is CCC1C2CNCC2CN1c1ccc(C)cc1C#N. The maximum Gasteiger partial charge on any atom is 0.101 e. The number of hydrogen-bond donors (Lipinski definition) is 1. The largest absolute Gasteiger partial charge is 0.367 e. The molecule has 100 valence electrons. The van der Waals surface area contributed by atoms with Gasteiger partial charge in [0, 0.05) is 25.7 Å². The van der Waals surface area contributed by atoms with Crippen molar-refractivity contribution in [1.29, 1.82) is 5.26 Å². The highest BCUT2D eigenvalue weighted by Crippen LogP contribution is 2.38. The second-order valence-corrected chi connectivity index (χ2v) is 5.84. The first kappa shape index (κ1) is 12.5. The second kappa shape index (κ2) is 4.86. The van der Waals surface area contributed by atoms with Crippen LogP contribution in [0.1, 0.15) is 24.5 Å². The van der Waals surface area contributed by atoms with Crippen molar-refractivity contribution in [2.75, 3.05) is 24.5 Å². The van der Waals surface area contributed by atoms with E-state index in [2.05, 4.69) is 35.3 Å². The molecule has 0 spiro atoms. The van der Waals surface area contributed by atoms with E-state index in [0.717, 1.165) is 54.7 Å². The summed E-state index contributed by atoms with van der Waals surface area (Å²) in [5.41, 5.74) is 3.12. The quantitative estimate of drug-likeness (QED) is 0.881. The van der Waals surface area contributed by atoms with Gasteiger partial charge in [-0.3, -0.25) is 0 Å². The minimum absolute atomic E-state index is 0.579. The zero-order chi connectivity index (χ0) is 13.4. The van der Waals surface area contributed by atoms with Crippen molar-refractivity contribution in [2.24, 2.45) is 11.8 Å². The lowest BCUT2D eigenvalue weighted by Crippen LogP contribution is -2.35. The second-order valence-electron chi connectivity index (χ2n) is 5.84. The fourth-order valence-electron chi connectivity index (χ4n) is 3.81. The lowest BCUT2D eigenvalue weighted by Gasteiger charge is -2.29. The zero-order valence-corrected chi connectivity index (χ0v) is 11.7. The molecule has 1 N–H and O–H groups in total. The molecule has 1 aromatic carbocycles. The number of nitrogens with zero attached hydrogens (tertiary/aromatic N) is 2. The number of aryl methyl sites for hydroxylation is 1. The molecular weight excluding hydrogens is 234 g/mol. The van der Waals surface area contributed by atoms with E-state index in [-0.39, 0.29) is 0 Å². The van der Waals surface area contributed by atoms with Crippen molar-refractivity contribution in [3.8, 4) is 6.07 Å². The van der Waals surface area contributed by atoms with Gasteiger partial charge in [0.25, 0.3) is 0 Å². The molecule has 3 atom stereocenters. The molecule has 0 saturated carbocycles. The Hall–Kier alpha value is -1.53. The van der Waals surface area contributed by atoms with Gasteiger partial charge in [-0.25, -0.2) is 0 Å². The third-order valence-electron chi connectivity index (χ3n) is 4.72. The van der Waals surface area contributed by atoms with Crippen molar-refractivity contribution in [3.05, 3.63) is 29.3 Å². The van der Waals surface area contributed by atoms with E-state index in [0.29, 0.717) is 6.04 Å². The average molecular weight is 255 g/mol. The van der Waals surface area contributed by atoms with Crippen LogP contribution in [0.15, 0.2) is 18.2 Å². The Balaban J connectivity index is 1.96. The predicted molar refractivity (Wildman–Crippen MR) is 77.2 cm³/mol. The van der Waals surface area contributed by atoms with E-state index >= 15 is 0 Å². The van der Waals surface area contributed by atoms with Gasteiger partial charge in [0.1, 0.15) is 6.07 Å². The van der Waals surface area contributed by atoms with E-state index < -0.39 is 0 Å². The van der Waals surface area contributed by atoms with Gasteiger partial charge in [0.15, 0.2) is 0 Å². The maximum absolute atomic E-state index is 9.38. The summed E-state index contributed by atoms with van der Waals surface area (Å²) in [6, 6.07) is 9.20. The van der Waals surface area contributed by atoms with Crippen LogP contribution in [0.25, 0.3) is 0 Å². The molecule has 0 bridgehead atoms. The number of nitriles is 1. The average Bonchev–Trinajstić information content (AvgIpc) is 2.98. The van der Waals surface area contributed by atoms with E-state index in [1.54, 1.807) is 0 Å². The summed E-state index contributed by atoms with van der Waals surface area (Å²) in [5, 5.41) is 12.9. The van der Waals surface area contributed by atoms with Crippen LogP contribution >= 0.6 is 0 Å². The Labute approximate surface area is 115 Å². The number of anilines is 1. The van der Waals surface area contributed by atoms with Gasteiger partial charge >= 0.3 is 0 Å². The molecule has 2 aliphatic heterocycles. The minimum atomic E-state index is 0.579. The normalized spacial score (nSPS) is 29.3. The van der Waals surface area contributed by atoms with E-state index in [4.69, 9.17) is 0 Å². The molecule has 2 aliphatic rings. The first-order valence-electron chi connectivity index (χ1n) is 7.22. The van der Waals surface area contributed by atoms with Crippen LogP contribution in [-0.2, 0) is 0 Å². The molecule has 3 unspecified atom stereocenters. The summed E-state index contributed by atoms with van der Waals surface area (Å²) in [7, 11) is 0. The molecule has 2 heterocycles. The fraction of sp³-hybridized carbons (Fsp3) is 0.562. The Morgan fingerprint density at radius 1 is 1.42 bits per heavy atom. The molecule has 19 heavy (non-hydrogen) atoms.